The van der Waals surface area contributed by atoms with E-state index in [0.717, 1.165) is 63.0 Å². The maximum absolute atomic E-state index is 13.0. The normalized spacial score (nSPS) is 31.5. The van der Waals surface area contributed by atoms with Gasteiger partial charge in [0, 0.05) is 30.2 Å². The summed E-state index contributed by atoms with van der Waals surface area (Å²) in [6.07, 6.45) is 6.33. The second-order valence-corrected chi connectivity index (χ2v) is 7.40. The van der Waals surface area contributed by atoms with Crippen molar-refractivity contribution < 1.29 is 4.79 Å². The number of H-pyrrole nitrogens is 1. The number of aromatic amines is 1. The van der Waals surface area contributed by atoms with Crippen LogP contribution in [0.25, 0.3) is 0 Å². The van der Waals surface area contributed by atoms with Crippen LogP contribution in [0.2, 0.25) is 0 Å². The fourth-order valence-corrected chi connectivity index (χ4v) is 4.05. The van der Waals surface area contributed by atoms with E-state index in [4.69, 9.17) is 5.73 Å². The van der Waals surface area contributed by atoms with Gasteiger partial charge in [-0.05, 0) is 45.6 Å². The van der Waals surface area contributed by atoms with Crippen LogP contribution in [0.1, 0.15) is 62.8 Å². The Hall–Kier alpha value is -1.07. The van der Waals surface area contributed by atoms with Crippen molar-refractivity contribution in [3.05, 3.63) is 17.5 Å². The lowest BCUT2D eigenvalue weighted by molar-refractivity contribution is -0.140. The molecular weight excluding hydrogens is 312 g/mol. The summed E-state index contributed by atoms with van der Waals surface area (Å²) >= 11 is 0. The van der Waals surface area contributed by atoms with Crippen LogP contribution in [-0.2, 0) is 4.79 Å². The van der Waals surface area contributed by atoms with E-state index in [9.17, 15) is 4.79 Å². The predicted octanol–water partition coefficient (Wildman–Crippen LogP) is 2.75. The number of rotatable bonds is 2. The van der Waals surface area contributed by atoms with Crippen LogP contribution >= 0.6 is 12.4 Å². The molecule has 2 fully saturated rings. The number of hydrogen-bond donors (Lipinski definition) is 2. The van der Waals surface area contributed by atoms with Crippen molar-refractivity contribution in [2.45, 2.75) is 63.8 Å². The largest absolute Gasteiger partial charge is 0.342 e. The number of piperidine rings is 1. The van der Waals surface area contributed by atoms with Gasteiger partial charge in [-0.1, -0.05) is 12.8 Å². The molecule has 2 heterocycles. The van der Waals surface area contributed by atoms with Crippen LogP contribution in [-0.4, -0.2) is 39.6 Å². The molecule has 1 aliphatic heterocycles. The molecule has 130 valence electrons. The Morgan fingerprint density at radius 1 is 1.39 bits per heavy atom. The maximum Gasteiger partial charge on any atom is 0.227 e. The smallest absolute Gasteiger partial charge is 0.227 e. The zero-order chi connectivity index (χ0) is 15.7. The van der Waals surface area contributed by atoms with Gasteiger partial charge in [0.25, 0.3) is 0 Å². The first-order valence-electron chi connectivity index (χ1n) is 8.57. The molecule has 1 amide bonds. The number of nitrogens with zero attached hydrogens (tertiary/aromatic N) is 2. The maximum atomic E-state index is 13.0. The van der Waals surface area contributed by atoms with Gasteiger partial charge >= 0.3 is 0 Å². The van der Waals surface area contributed by atoms with E-state index in [-0.39, 0.29) is 29.8 Å². The Morgan fingerprint density at radius 3 is 2.83 bits per heavy atom. The van der Waals surface area contributed by atoms with Crippen LogP contribution in [0.4, 0.5) is 0 Å². The summed E-state index contributed by atoms with van der Waals surface area (Å²) < 4.78 is 0. The highest BCUT2D eigenvalue weighted by Gasteiger charge is 2.40. The lowest BCUT2D eigenvalue weighted by Gasteiger charge is -2.42. The zero-order valence-electron chi connectivity index (χ0n) is 14.2. The number of amides is 1. The Kier molecular flexibility index (Phi) is 5.74. The fraction of sp³-hybridized carbons (Fsp3) is 0.765. The van der Waals surface area contributed by atoms with Gasteiger partial charge in [0.05, 0.1) is 11.6 Å². The Labute approximate surface area is 144 Å². The molecule has 3 rings (SSSR count). The average molecular weight is 341 g/mol. The second kappa shape index (κ2) is 7.22. The van der Waals surface area contributed by atoms with Gasteiger partial charge in [0.2, 0.25) is 5.91 Å². The van der Waals surface area contributed by atoms with E-state index >= 15 is 0 Å². The highest BCUT2D eigenvalue weighted by Crippen LogP contribution is 2.35. The number of nitrogens with one attached hydrogen (secondary N) is 1. The highest BCUT2D eigenvalue weighted by molar-refractivity contribution is 5.85. The van der Waals surface area contributed by atoms with Crippen molar-refractivity contribution in [1.82, 2.24) is 15.1 Å². The predicted molar refractivity (Wildman–Crippen MR) is 93.7 cm³/mol. The highest BCUT2D eigenvalue weighted by atomic mass is 35.5. The van der Waals surface area contributed by atoms with E-state index in [1.165, 1.54) is 0 Å². The standard InChI is InChI=1S/C17H28N4O.ClH/c1-12-10-15(20-19-12)13-6-5-9-21(11-13)16(22)14-7-3-4-8-17(14,2)18;/h10,13-14H,3-9,11,18H2,1-2H3,(H,19,20);1H. The molecular formula is C17H29ClN4O. The molecule has 0 aromatic carbocycles. The molecule has 0 spiro atoms. The van der Waals surface area contributed by atoms with Crippen molar-refractivity contribution in [3.63, 3.8) is 0 Å². The molecule has 1 aromatic rings. The lowest BCUT2D eigenvalue weighted by Crippen LogP contribution is -2.55. The van der Waals surface area contributed by atoms with Crippen molar-refractivity contribution in [3.8, 4) is 0 Å². The summed E-state index contributed by atoms with van der Waals surface area (Å²) in [6, 6.07) is 2.10. The van der Waals surface area contributed by atoms with Gasteiger partial charge in [0.15, 0.2) is 0 Å². The van der Waals surface area contributed by atoms with Crippen LogP contribution in [0, 0.1) is 12.8 Å². The molecule has 1 saturated carbocycles. The van der Waals surface area contributed by atoms with Crippen molar-refractivity contribution in [1.29, 1.82) is 0 Å². The number of halogens is 1. The quantitative estimate of drug-likeness (QED) is 0.869. The number of hydrogen-bond acceptors (Lipinski definition) is 3. The van der Waals surface area contributed by atoms with Gasteiger partial charge in [-0.25, -0.2) is 0 Å². The minimum absolute atomic E-state index is 0. The van der Waals surface area contributed by atoms with Crippen LogP contribution in [0.5, 0.6) is 0 Å². The van der Waals surface area contributed by atoms with E-state index in [2.05, 4.69) is 16.3 Å². The molecule has 0 radical (unpaired) electrons. The number of likely N-dealkylation sites (tertiary alicyclic amines) is 1. The monoisotopic (exact) mass is 340 g/mol. The number of aryl methyl sites for hydroxylation is 1. The SMILES string of the molecule is Cc1cc(C2CCCN(C(=O)C3CCCCC3(C)N)C2)n[nH]1.Cl. The Balaban J connectivity index is 0.00000192. The number of carbonyl (C=O) groups excluding carboxylic acids is 1. The van der Waals surface area contributed by atoms with Crippen LogP contribution < -0.4 is 5.73 Å². The van der Waals surface area contributed by atoms with Crippen LogP contribution in [0.3, 0.4) is 0 Å². The summed E-state index contributed by atoms with van der Waals surface area (Å²) in [6.45, 7) is 5.72. The summed E-state index contributed by atoms with van der Waals surface area (Å²) in [5, 5.41) is 7.40. The zero-order valence-corrected chi connectivity index (χ0v) is 15.0. The number of carbonyl (C=O) groups is 1. The molecule has 3 unspecified atom stereocenters. The molecule has 5 nitrogen and oxygen atoms in total. The first kappa shape index (κ1) is 18.3. The van der Waals surface area contributed by atoms with E-state index < -0.39 is 0 Å². The van der Waals surface area contributed by atoms with Gasteiger partial charge in [-0.2, -0.15) is 5.10 Å². The number of nitrogens with two attached hydrogens (primary N) is 1. The Bertz CT molecular complexity index is 542. The molecule has 3 N–H and O–H groups in total. The number of aromatic nitrogens is 2. The third kappa shape index (κ3) is 3.89. The lowest BCUT2D eigenvalue weighted by atomic mass is 9.73. The van der Waals surface area contributed by atoms with E-state index in [0.29, 0.717) is 5.92 Å². The first-order chi connectivity index (χ1) is 10.5. The van der Waals surface area contributed by atoms with E-state index in [1.807, 2.05) is 18.7 Å². The fourth-order valence-electron chi connectivity index (χ4n) is 4.05. The molecule has 0 bridgehead atoms. The minimum atomic E-state index is -0.342. The molecule has 1 aliphatic carbocycles. The second-order valence-electron chi connectivity index (χ2n) is 7.40. The summed E-state index contributed by atoms with van der Waals surface area (Å²) in [4.78, 5) is 15.0. The van der Waals surface area contributed by atoms with Crippen molar-refractivity contribution >= 4 is 18.3 Å². The van der Waals surface area contributed by atoms with E-state index in [1.54, 1.807) is 0 Å². The molecule has 23 heavy (non-hydrogen) atoms. The third-order valence-corrected chi connectivity index (χ3v) is 5.43. The summed E-state index contributed by atoms with van der Waals surface area (Å²) in [7, 11) is 0. The molecule has 6 heteroatoms. The van der Waals surface area contributed by atoms with Gasteiger partial charge in [-0.15, -0.1) is 12.4 Å². The first-order valence-corrected chi connectivity index (χ1v) is 8.57. The van der Waals surface area contributed by atoms with Crippen molar-refractivity contribution in [2.24, 2.45) is 11.7 Å². The van der Waals surface area contributed by atoms with Gasteiger partial charge in [0.1, 0.15) is 0 Å². The van der Waals surface area contributed by atoms with Crippen molar-refractivity contribution in [2.75, 3.05) is 13.1 Å². The van der Waals surface area contributed by atoms with Gasteiger partial charge < -0.3 is 10.6 Å². The van der Waals surface area contributed by atoms with Crippen LogP contribution in [0.15, 0.2) is 6.07 Å². The molecule has 3 atom stereocenters. The molecule has 1 saturated heterocycles. The Morgan fingerprint density at radius 2 is 2.17 bits per heavy atom. The average Bonchev–Trinajstić information content (AvgIpc) is 2.93. The van der Waals surface area contributed by atoms with Gasteiger partial charge in [-0.3, -0.25) is 9.89 Å². The minimum Gasteiger partial charge on any atom is -0.342 e. The third-order valence-electron chi connectivity index (χ3n) is 5.43. The molecule has 1 aromatic heterocycles. The molecule has 2 aliphatic rings. The summed E-state index contributed by atoms with van der Waals surface area (Å²) in [5.41, 5.74) is 8.25. The summed E-state index contributed by atoms with van der Waals surface area (Å²) in [5.74, 6) is 0.609. The topological polar surface area (TPSA) is 75.0 Å².